The Morgan fingerprint density at radius 2 is 0.769 bits per heavy atom. The summed E-state index contributed by atoms with van der Waals surface area (Å²) in [6, 6.07) is 0. The summed E-state index contributed by atoms with van der Waals surface area (Å²) in [4.78, 5) is 0. The molecule has 0 aromatic rings. The fraction of sp³-hybridized carbons (Fsp3) is 0.846. The molecule has 0 saturated heterocycles. The third kappa shape index (κ3) is 25.7. The predicted molar refractivity (Wildman–Crippen MR) is 124 cm³/mol. The fourth-order valence-corrected chi connectivity index (χ4v) is 3.04. The highest BCUT2D eigenvalue weighted by Gasteiger charge is 1.94. The van der Waals surface area contributed by atoms with E-state index in [4.69, 9.17) is 0 Å². The van der Waals surface area contributed by atoms with Crippen molar-refractivity contribution in [1.29, 1.82) is 0 Å². The van der Waals surface area contributed by atoms with Gasteiger partial charge in [-0.05, 0) is 44.9 Å². The molecule has 0 unspecified atom stereocenters. The summed E-state index contributed by atoms with van der Waals surface area (Å²) in [5, 5.41) is 0. The zero-order valence-corrected chi connectivity index (χ0v) is 19.1. The molecule has 0 saturated carbocycles. The molecule has 0 amide bonds. The van der Waals surface area contributed by atoms with Gasteiger partial charge in [0.25, 0.3) is 0 Å². The Labute approximate surface area is 167 Å². The maximum absolute atomic E-state index is 4.09. The molecule has 0 spiro atoms. The normalized spacial score (nSPS) is 10.3. The second kappa shape index (κ2) is 24.5. The van der Waals surface area contributed by atoms with E-state index in [9.17, 15) is 0 Å². The van der Waals surface area contributed by atoms with Crippen molar-refractivity contribution in [2.24, 2.45) is 0 Å². The Bertz CT molecular complexity index is 286. The number of unbranched alkanes of at least 4 members (excludes halogenated alkanes) is 11. The number of hydrogen-bond acceptors (Lipinski definition) is 0. The highest BCUT2D eigenvalue weighted by molar-refractivity contribution is 4.93. The predicted octanol–water partition coefficient (Wildman–Crippen LogP) is 10.2. The van der Waals surface area contributed by atoms with Gasteiger partial charge in [-0.3, -0.25) is 0 Å². The monoisotopic (exact) mass is 364 g/mol. The van der Waals surface area contributed by atoms with Crippen LogP contribution < -0.4 is 0 Å². The fourth-order valence-electron chi connectivity index (χ4n) is 3.04. The smallest absolute Gasteiger partial charge is 0.0323 e. The van der Waals surface area contributed by atoms with E-state index in [-0.39, 0.29) is 0 Å². The lowest BCUT2D eigenvalue weighted by molar-refractivity contribution is 0.573. The first-order valence-corrected chi connectivity index (χ1v) is 11.9. The van der Waals surface area contributed by atoms with Crippen molar-refractivity contribution in [3.05, 3.63) is 24.3 Å². The Morgan fingerprint density at radius 3 is 1.23 bits per heavy atom. The van der Waals surface area contributed by atoms with Gasteiger partial charge in [0.2, 0.25) is 0 Å². The highest BCUT2D eigenvalue weighted by atomic mass is 14.0. The van der Waals surface area contributed by atoms with Gasteiger partial charge in [-0.25, -0.2) is 0 Å². The summed E-state index contributed by atoms with van der Waals surface area (Å²) in [6.07, 6.45) is 24.3. The minimum absolute atomic E-state index is 1.16. The molecule has 0 aromatic heterocycles. The number of hydrogen-bond donors (Lipinski definition) is 0. The standard InChI is InChI=1S/C14H28.C12H24/c1-4-6-7-8-9-10-11-12-13-14(3)5-2;1-4-6-8-9-11-12(3)10-7-5-2/h3-13H2,1-2H3;3-11H2,1-2H3. The van der Waals surface area contributed by atoms with Crippen molar-refractivity contribution < 1.29 is 0 Å². The van der Waals surface area contributed by atoms with Crippen molar-refractivity contribution in [2.75, 3.05) is 0 Å². The SMILES string of the molecule is C=C(CC)CCCCCCCCCC.C=C(CCCC)CCCCCC. The lowest BCUT2D eigenvalue weighted by Gasteiger charge is -2.03. The molecule has 0 radical (unpaired) electrons. The summed E-state index contributed by atoms with van der Waals surface area (Å²) in [5.41, 5.74) is 2.89. The summed E-state index contributed by atoms with van der Waals surface area (Å²) in [7, 11) is 0. The number of allylic oxidation sites excluding steroid dienone is 2. The van der Waals surface area contributed by atoms with E-state index in [0.717, 1.165) is 6.42 Å². The average molecular weight is 365 g/mol. The van der Waals surface area contributed by atoms with Crippen LogP contribution in [0.3, 0.4) is 0 Å². The van der Waals surface area contributed by atoms with E-state index >= 15 is 0 Å². The molecule has 0 atom stereocenters. The average Bonchev–Trinajstić information content (AvgIpc) is 2.66. The van der Waals surface area contributed by atoms with Gasteiger partial charge in [-0.1, -0.05) is 123 Å². The van der Waals surface area contributed by atoms with Crippen molar-refractivity contribution in [3.8, 4) is 0 Å². The van der Waals surface area contributed by atoms with E-state index in [0.29, 0.717) is 0 Å². The van der Waals surface area contributed by atoms with Gasteiger partial charge >= 0.3 is 0 Å². The van der Waals surface area contributed by atoms with E-state index in [1.807, 2.05) is 0 Å². The summed E-state index contributed by atoms with van der Waals surface area (Å²) < 4.78 is 0. The zero-order chi connectivity index (χ0) is 19.9. The van der Waals surface area contributed by atoms with Crippen LogP contribution in [-0.4, -0.2) is 0 Å². The van der Waals surface area contributed by atoms with Gasteiger partial charge in [0.15, 0.2) is 0 Å². The second-order valence-corrected chi connectivity index (χ2v) is 7.99. The van der Waals surface area contributed by atoms with Gasteiger partial charge < -0.3 is 0 Å². The Kier molecular flexibility index (Phi) is 26.1. The second-order valence-electron chi connectivity index (χ2n) is 7.99. The molecule has 0 bridgehead atoms. The van der Waals surface area contributed by atoms with Crippen molar-refractivity contribution in [2.45, 2.75) is 143 Å². The van der Waals surface area contributed by atoms with Crippen LogP contribution in [0.1, 0.15) is 143 Å². The third-order valence-corrected chi connectivity index (χ3v) is 5.15. The van der Waals surface area contributed by atoms with E-state index < -0.39 is 0 Å². The molecule has 0 heterocycles. The van der Waals surface area contributed by atoms with Crippen LogP contribution in [0, 0.1) is 0 Å². The van der Waals surface area contributed by atoms with Crippen LogP contribution in [0.2, 0.25) is 0 Å². The lowest BCUT2D eigenvalue weighted by atomic mass is 10.0. The molecule has 0 nitrogen and oxygen atoms in total. The van der Waals surface area contributed by atoms with Gasteiger partial charge in [-0.2, -0.15) is 0 Å². The molecular formula is C26H52. The van der Waals surface area contributed by atoms with Crippen LogP contribution in [0.5, 0.6) is 0 Å². The molecular weight excluding hydrogens is 312 g/mol. The Hall–Kier alpha value is -0.520. The van der Waals surface area contributed by atoms with Crippen LogP contribution >= 0.6 is 0 Å². The maximum atomic E-state index is 4.09. The first-order chi connectivity index (χ1) is 12.6. The van der Waals surface area contributed by atoms with Crippen LogP contribution in [0.25, 0.3) is 0 Å². The van der Waals surface area contributed by atoms with Gasteiger partial charge in [0.05, 0.1) is 0 Å². The van der Waals surface area contributed by atoms with Gasteiger partial charge in [0, 0.05) is 0 Å². The summed E-state index contributed by atoms with van der Waals surface area (Å²) in [6.45, 7) is 17.1. The van der Waals surface area contributed by atoms with Crippen LogP contribution in [0.15, 0.2) is 24.3 Å². The Balaban J connectivity index is 0. The Morgan fingerprint density at radius 1 is 0.423 bits per heavy atom. The van der Waals surface area contributed by atoms with Crippen LogP contribution in [0.4, 0.5) is 0 Å². The largest absolute Gasteiger partial charge is 0.0999 e. The first kappa shape index (κ1) is 27.7. The zero-order valence-electron chi connectivity index (χ0n) is 19.1. The molecule has 0 N–H and O–H groups in total. The molecule has 156 valence electrons. The molecule has 0 aliphatic heterocycles. The number of rotatable bonds is 18. The summed E-state index contributed by atoms with van der Waals surface area (Å²) in [5.74, 6) is 0. The van der Waals surface area contributed by atoms with Gasteiger partial charge in [-0.15, -0.1) is 0 Å². The minimum atomic E-state index is 1.16. The molecule has 0 aromatic carbocycles. The highest BCUT2D eigenvalue weighted by Crippen LogP contribution is 2.14. The lowest BCUT2D eigenvalue weighted by Crippen LogP contribution is -1.83. The van der Waals surface area contributed by atoms with E-state index in [1.54, 1.807) is 0 Å². The van der Waals surface area contributed by atoms with E-state index in [2.05, 4.69) is 40.9 Å². The van der Waals surface area contributed by atoms with Gasteiger partial charge in [0.1, 0.15) is 0 Å². The van der Waals surface area contributed by atoms with Crippen molar-refractivity contribution in [3.63, 3.8) is 0 Å². The molecule has 26 heavy (non-hydrogen) atoms. The van der Waals surface area contributed by atoms with Crippen molar-refractivity contribution in [1.82, 2.24) is 0 Å². The first-order valence-electron chi connectivity index (χ1n) is 11.9. The molecule has 0 aliphatic carbocycles. The van der Waals surface area contributed by atoms with Crippen LogP contribution in [-0.2, 0) is 0 Å². The minimum Gasteiger partial charge on any atom is -0.0999 e. The molecule has 0 heteroatoms. The quantitative estimate of drug-likeness (QED) is 0.167. The van der Waals surface area contributed by atoms with Crippen molar-refractivity contribution >= 4 is 0 Å². The summed E-state index contributed by atoms with van der Waals surface area (Å²) >= 11 is 0. The maximum Gasteiger partial charge on any atom is -0.0323 e. The molecule has 0 aliphatic rings. The van der Waals surface area contributed by atoms with E-state index in [1.165, 1.54) is 120 Å². The molecule has 0 fully saturated rings. The molecule has 0 rings (SSSR count). The third-order valence-electron chi connectivity index (χ3n) is 5.15. The topological polar surface area (TPSA) is 0 Å².